The largest absolute Gasteiger partial charge is 0.478 e. The number of rotatable bonds is 2. The summed E-state index contributed by atoms with van der Waals surface area (Å²) >= 11 is 0. The fraction of sp³-hybridized carbons (Fsp3) is 0.250. The second kappa shape index (κ2) is 6.29. The number of hydrogen-bond donors (Lipinski definition) is 2. The maximum atomic E-state index is 13.1. The van der Waals surface area contributed by atoms with Crippen molar-refractivity contribution in [3.05, 3.63) is 64.7 Å². The van der Waals surface area contributed by atoms with Gasteiger partial charge in [-0.25, -0.2) is 4.79 Å². The number of carboxylic acid groups (broad SMARTS) is 1. The van der Waals surface area contributed by atoms with Crippen molar-refractivity contribution in [1.82, 2.24) is 4.90 Å². The highest BCUT2D eigenvalue weighted by Crippen LogP contribution is 2.34. The van der Waals surface area contributed by atoms with Crippen molar-refractivity contribution in [3.63, 3.8) is 0 Å². The zero-order chi connectivity index (χ0) is 18.3. The molecule has 0 radical (unpaired) electrons. The first-order chi connectivity index (χ1) is 12.5. The first-order valence-electron chi connectivity index (χ1n) is 8.55. The molecular formula is C20H18N2O4. The number of carbonyl (C=O) groups excluding carboxylic acids is 2. The molecule has 6 heteroatoms. The number of para-hydroxylation sites is 1. The SMILES string of the molecule is O=C1CC(C(=O)N2CCc3ccc(C(=O)O)cc3C2)c2ccccc2N1. The zero-order valence-corrected chi connectivity index (χ0v) is 14.1. The Bertz CT molecular complexity index is 922. The molecule has 0 saturated heterocycles. The van der Waals surface area contributed by atoms with E-state index >= 15 is 0 Å². The predicted molar refractivity (Wildman–Crippen MR) is 95.0 cm³/mol. The molecule has 0 fully saturated rings. The van der Waals surface area contributed by atoms with Gasteiger partial charge in [0.2, 0.25) is 11.8 Å². The lowest BCUT2D eigenvalue weighted by Gasteiger charge is -2.34. The van der Waals surface area contributed by atoms with Crippen molar-refractivity contribution in [2.24, 2.45) is 0 Å². The lowest BCUT2D eigenvalue weighted by molar-refractivity contribution is -0.135. The summed E-state index contributed by atoms with van der Waals surface area (Å²) in [5, 5.41) is 12.0. The van der Waals surface area contributed by atoms with E-state index in [0.717, 1.165) is 16.7 Å². The maximum Gasteiger partial charge on any atom is 0.335 e. The molecule has 6 nitrogen and oxygen atoms in total. The van der Waals surface area contributed by atoms with Gasteiger partial charge >= 0.3 is 5.97 Å². The Morgan fingerprint density at radius 2 is 1.92 bits per heavy atom. The molecule has 2 amide bonds. The van der Waals surface area contributed by atoms with E-state index in [1.807, 2.05) is 24.3 Å². The van der Waals surface area contributed by atoms with Crippen LogP contribution in [0.2, 0.25) is 0 Å². The molecule has 1 atom stereocenters. The standard InChI is InChI=1S/C20H18N2O4/c23-18-10-16(15-3-1-2-4-17(15)21-18)19(24)22-8-7-12-5-6-13(20(25)26)9-14(12)11-22/h1-6,9,16H,7-8,10-11H2,(H,21,23)(H,25,26). The van der Waals surface area contributed by atoms with Crippen molar-refractivity contribution in [2.45, 2.75) is 25.3 Å². The fourth-order valence-electron chi connectivity index (χ4n) is 3.73. The first-order valence-corrected chi connectivity index (χ1v) is 8.55. The van der Waals surface area contributed by atoms with Crippen LogP contribution in [0.1, 0.15) is 39.4 Å². The average molecular weight is 350 g/mol. The summed E-state index contributed by atoms with van der Waals surface area (Å²) in [7, 11) is 0. The molecule has 0 saturated carbocycles. The number of nitrogens with one attached hydrogen (secondary N) is 1. The van der Waals surface area contributed by atoms with Gasteiger partial charge in [-0.15, -0.1) is 0 Å². The van der Waals surface area contributed by atoms with Crippen LogP contribution in [0.3, 0.4) is 0 Å². The maximum absolute atomic E-state index is 13.1. The number of amides is 2. The molecule has 0 spiro atoms. The highest BCUT2D eigenvalue weighted by molar-refractivity contribution is 6.01. The topological polar surface area (TPSA) is 86.7 Å². The lowest BCUT2D eigenvalue weighted by Crippen LogP contribution is -2.41. The molecule has 2 aliphatic rings. The Labute approximate surface area is 150 Å². The number of benzene rings is 2. The van der Waals surface area contributed by atoms with Crippen LogP contribution in [0.25, 0.3) is 0 Å². The summed E-state index contributed by atoms with van der Waals surface area (Å²) in [6.07, 6.45) is 0.815. The number of carbonyl (C=O) groups is 3. The van der Waals surface area contributed by atoms with E-state index in [-0.39, 0.29) is 23.8 Å². The molecular weight excluding hydrogens is 332 g/mol. The zero-order valence-electron chi connectivity index (χ0n) is 14.1. The third-order valence-corrected chi connectivity index (χ3v) is 5.08. The number of carboxylic acids is 1. The van der Waals surface area contributed by atoms with Gasteiger partial charge < -0.3 is 15.3 Å². The third-order valence-electron chi connectivity index (χ3n) is 5.08. The molecule has 4 rings (SSSR count). The molecule has 2 aromatic rings. The lowest BCUT2D eigenvalue weighted by atomic mass is 9.88. The molecule has 0 aliphatic carbocycles. The van der Waals surface area contributed by atoms with Gasteiger partial charge in [-0.2, -0.15) is 0 Å². The van der Waals surface area contributed by atoms with Gasteiger partial charge in [-0.3, -0.25) is 9.59 Å². The number of hydrogen-bond acceptors (Lipinski definition) is 3. The smallest absolute Gasteiger partial charge is 0.335 e. The molecule has 1 unspecified atom stereocenters. The number of nitrogens with zero attached hydrogens (tertiary/aromatic N) is 1. The minimum atomic E-state index is -0.978. The third kappa shape index (κ3) is 2.83. The molecule has 132 valence electrons. The highest BCUT2D eigenvalue weighted by atomic mass is 16.4. The summed E-state index contributed by atoms with van der Waals surface area (Å²) in [6.45, 7) is 0.939. The molecule has 0 bridgehead atoms. The van der Waals surface area contributed by atoms with Crippen molar-refractivity contribution >= 4 is 23.5 Å². The van der Waals surface area contributed by atoms with Gasteiger partial charge in [0.1, 0.15) is 0 Å². The highest BCUT2D eigenvalue weighted by Gasteiger charge is 2.34. The molecule has 2 heterocycles. The van der Waals surface area contributed by atoms with Crippen LogP contribution in [0.5, 0.6) is 0 Å². The molecule has 26 heavy (non-hydrogen) atoms. The van der Waals surface area contributed by atoms with Crippen molar-refractivity contribution in [3.8, 4) is 0 Å². The van der Waals surface area contributed by atoms with Crippen molar-refractivity contribution in [1.29, 1.82) is 0 Å². The summed E-state index contributed by atoms with van der Waals surface area (Å²) < 4.78 is 0. The average Bonchev–Trinajstić information content (AvgIpc) is 2.65. The van der Waals surface area contributed by atoms with Crippen LogP contribution in [0, 0.1) is 0 Å². The number of anilines is 1. The summed E-state index contributed by atoms with van der Waals surface area (Å²) in [6, 6.07) is 12.4. The summed E-state index contributed by atoms with van der Waals surface area (Å²) in [5.74, 6) is -1.72. The van der Waals surface area contributed by atoms with Crippen LogP contribution >= 0.6 is 0 Å². The number of aromatic carboxylic acids is 1. The Kier molecular flexibility index (Phi) is 3.95. The Morgan fingerprint density at radius 3 is 2.73 bits per heavy atom. The molecule has 2 aromatic carbocycles. The van der Waals surface area contributed by atoms with Gasteiger partial charge in [0, 0.05) is 25.2 Å². The predicted octanol–water partition coefficient (Wildman–Crippen LogP) is 2.40. The minimum absolute atomic E-state index is 0.0846. The minimum Gasteiger partial charge on any atom is -0.478 e. The Morgan fingerprint density at radius 1 is 1.12 bits per heavy atom. The summed E-state index contributed by atoms with van der Waals surface area (Å²) in [5.41, 5.74) is 3.68. The van der Waals surface area contributed by atoms with E-state index in [4.69, 9.17) is 0 Å². The van der Waals surface area contributed by atoms with E-state index in [1.54, 1.807) is 23.1 Å². The van der Waals surface area contributed by atoms with Crippen LogP contribution in [-0.4, -0.2) is 34.3 Å². The monoisotopic (exact) mass is 350 g/mol. The van der Waals surface area contributed by atoms with E-state index in [9.17, 15) is 19.5 Å². The van der Waals surface area contributed by atoms with Crippen molar-refractivity contribution < 1.29 is 19.5 Å². The molecule has 2 aliphatic heterocycles. The van der Waals surface area contributed by atoms with Gasteiger partial charge in [0.25, 0.3) is 0 Å². The van der Waals surface area contributed by atoms with E-state index < -0.39 is 11.9 Å². The van der Waals surface area contributed by atoms with Crippen molar-refractivity contribution in [2.75, 3.05) is 11.9 Å². The number of fused-ring (bicyclic) bond motifs is 2. The van der Waals surface area contributed by atoms with E-state index in [0.29, 0.717) is 25.2 Å². The molecule has 0 aromatic heterocycles. The second-order valence-corrected chi connectivity index (χ2v) is 6.69. The fourth-order valence-corrected chi connectivity index (χ4v) is 3.73. The van der Waals surface area contributed by atoms with Crippen LogP contribution in [-0.2, 0) is 22.6 Å². The quantitative estimate of drug-likeness (QED) is 0.871. The second-order valence-electron chi connectivity index (χ2n) is 6.69. The Hall–Kier alpha value is -3.15. The van der Waals surface area contributed by atoms with Gasteiger partial charge in [-0.05, 0) is 41.3 Å². The normalized spacial score (nSPS) is 18.5. The van der Waals surface area contributed by atoms with E-state index in [2.05, 4.69) is 5.32 Å². The van der Waals surface area contributed by atoms with Crippen LogP contribution in [0.4, 0.5) is 5.69 Å². The summed E-state index contributed by atoms with van der Waals surface area (Å²) in [4.78, 5) is 38.0. The first kappa shape index (κ1) is 16.3. The Balaban J connectivity index is 1.61. The van der Waals surface area contributed by atoms with Crippen LogP contribution < -0.4 is 5.32 Å². The van der Waals surface area contributed by atoms with Gasteiger partial charge in [-0.1, -0.05) is 24.3 Å². The van der Waals surface area contributed by atoms with Crippen LogP contribution in [0.15, 0.2) is 42.5 Å². The van der Waals surface area contributed by atoms with Gasteiger partial charge in [0.05, 0.1) is 11.5 Å². The van der Waals surface area contributed by atoms with Gasteiger partial charge in [0.15, 0.2) is 0 Å². The van der Waals surface area contributed by atoms with E-state index in [1.165, 1.54) is 0 Å². The molecule has 2 N–H and O–H groups in total.